The van der Waals surface area contributed by atoms with E-state index in [9.17, 15) is 9.59 Å². The Morgan fingerprint density at radius 3 is 2.35 bits per heavy atom. The van der Waals surface area contributed by atoms with Crippen LogP contribution in [0.4, 0.5) is 4.79 Å². The lowest BCUT2D eigenvalue weighted by molar-refractivity contribution is -0.123. The summed E-state index contributed by atoms with van der Waals surface area (Å²) in [6.45, 7) is 4.89. The molecule has 0 aliphatic carbocycles. The van der Waals surface area contributed by atoms with Gasteiger partial charge in [0.05, 0.1) is 0 Å². The second-order valence-electron chi connectivity index (χ2n) is 4.94. The van der Waals surface area contributed by atoms with Gasteiger partial charge in [0.25, 0.3) is 0 Å². The zero-order valence-corrected chi connectivity index (χ0v) is 10.6. The molecule has 1 saturated heterocycles. The predicted octanol–water partition coefficient (Wildman–Crippen LogP) is -0.528. The van der Waals surface area contributed by atoms with Gasteiger partial charge in [-0.15, -0.1) is 0 Å². The SMILES string of the molecule is CC(C)[C@@H](C(N)=O)N(C)C(=O)N1CC(CO)C1. The van der Waals surface area contributed by atoms with Crippen molar-refractivity contribution in [1.29, 1.82) is 0 Å². The van der Waals surface area contributed by atoms with Gasteiger partial charge in [0.1, 0.15) is 6.04 Å². The first-order chi connectivity index (χ1) is 7.88. The Bertz CT molecular complexity index is 300. The fourth-order valence-corrected chi connectivity index (χ4v) is 2.15. The van der Waals surface area contributed by atoms with Crippen LogP contribution in [-0.4, -0.2) is 59.6 Å². The van der Waals surface area contributed by atoms with Gasteiger partial charge < -0.3 is 20.6 Å². The van der Waals surface area contributed by atoms with Gasteiger partial charge in [0.15, 0.2) is 0 Å². The van der Waals surface area contributed by atoms with E-state index in [1.54, 1.807) is 11.9 Å². The highest BCUT2D eigenvalue weighted by molar-refractivity contribution is 5.86. The Labute approximate surface area is 101 Å². The van der Waals surface area contributed by atoms with Crippen molar-refractivity contribution in [2.75, 3.05) is 26.7 Å². The standard InChI is InChI=1S/C11H21N3O3/c1-7(2)9(10(12)16)13(3)11(17)14-4-8(5-14)6-15/h7-9,15H,4-6H2,1-3H3,(H2,12,16)/t9-/m0/s1. The quantitative estimate of drug-likeness (QED) is 0.696. The minimum Gasteiger partial charge on any atom is -0.396 e. The third-order valence-electron chi connectivity index (χ3n) is 3.13. The third kappa shape index (κ3) is 2.88. The van der Waals surface area contributed by atoms with Crippen molar-refractivity contribution in [3.8, 4) is 0 Å². The number of likely N-dealkylation sites (tertiary alicyclic amines) is 1. The Kier molecular flexibility index (Phi) is 4.34. The Morgan fingerprint density at radius 2 is 2.00 bits per heavy atom. The van der Waals surface area contributed by atoms with E-state index >= 15 is 0 Å². The number of amides is 3. The minimum atomic E-state index is -0.587. The van der Waals surface area contributed by atoms with E-state index in [-0.39, 0.29) is 24.5 Å². The summed E-state index contributed by atoms with van der Waals surface area (Å²) in [7, 11) is 1.59. The number of rotatable bonds is 4. The summed E-state index contributed by atoms with van der Waals surface area (Å²) < 4.78 is 0. The smallest absolute Gasteiger partial charge is 0.320 e. The lowest BCUT2D eigenvalue weighted by Gasteiger charge is -2.42. The number of aliphatic hydroxyl groups excluding tert-OH is 1. The van der Waals surface area contributed by atoms with Gasteiger partial charge in [-0.1, -0.05) is 13.8 Å². The number of nitrogens with zero attached hydrogens (tertiary/aromatic N) is 2. The van der Waals surface area contributed by atoms with Crippen molar-refractivity contribution in [3.05, 3.63) is 0 Å². The molecule has 0 aromatic heterocycles. The van der Waals surface area contributed by atoms with Crippen LogP contribution in [0.1, 0.15) is 13.8 Å². The molecule has 1 aliphatic heterocycles. The summed E-state index contributed by atoms with van der Waals surface area (Å²) in [6, 6.07) is -0.789. The molecular formula is C11H21N3O3. The molecule has 1 heterocycles. The van der Waals surface area contributed by atoms with Crippen molar-refractivity contribution in [2.45, 2.75) is 19.9 Å². The number of primary amides is 1. The second kappa shape index (κ2) is 5.35. The number of nitrogens with two attached hydrogens (primary N) is 1. The van der Waals surface area contributed by atoms with E-state index in [1.807, 2.05) is 13.8 Å². The van der Waals surface area contributed by atoms with Crippen LogP contribution in [0, 0.1) is 11.8 Å². The Balaban J connectivity index is 2.59. The lowest BCUT2D eigenvalue weighted by atomic mass is 10.0. The molecule has 0 aromatic carbocycles. The average Bonchev–Trinajstić information content (AvgIpc) is 2.14. The van der Waals surface area contributed by atoms with Gasteiger partial charge >= 0.3 is 6.03 Å². The zero-order chi connectivity index (χ0) is 13.2. The number of carbonyl (C=O) groups excluding carboxylic acids is 2. The summed E-state index contributed by atoms with van der Waals surface area (Å²) in [5.41, 5.74) is 5.30. The van der Waals surface area contributed by atoms with Crippen molar-refractivity contribution in [2.24, 2.45) is 17.6 Å². The van der Waals surface area contributed by atoms with E-state index < -0.39 is 11.9 Å². The van der Waals surface area contributed by atoms with Crippen LogP contribution < -0.4 is 5.73 Å². The van der Waals surface area contributed by atoms with Crippen LogP contribution in [0.5, 0.6) is 0 Å². The molecule has 0 radical (unpaired) electrons. The van der Waals surface area contributed by atoms with Gasteiger partial charge in [-0.3, -0.25) is 4.79 Å². The van der Waals surface area contributed by atoms with Crippen LogP contribution in [0.25, 0.3) is 0 Å². The summed E-state index contributed by atoms with van der Waals surface area (Å²) in [5.74, 6) is -0.343. The van der Waals surface area contributed by atoms with Crippen molar-refractivity contribution >= 4 is 11.9 Å². The molecule has 0 spiro atoms. The number of urea groups is 1. The molecule has 1 atom stereocenters. The maximum Gasteiger partial charge on any atom is 0.320 e. The molecular weight excluding hydrogens is 222 g/mol. The molecule has 0 aromatic rings. The van der Waals surface area contributed by atoms with E-state index in [4.69, 9.17) is 10.8 Å². The topological polar surface area (TPSA) is 86.9 Å². The Hall–Kier alpha value is -1.30. The maximum absolute atomic E-state index is 12.0. The van der Waals surface area contributed by atoms with Crippen LogP contribution in [0.15, 0.2) is 0 Å². The van der Waals surface area contributed by atoms with Crippen molar-refractivity contribution in [3.63, 3.8) is 0 Å². The summed E-state index contributed by atoms with van der Waals surface area (Å²) in [5, 5.41) is 8.88. The third-order valence-corrected chi connectivity index (χ3v) is 3.13. The molecule has 0 saturated carbocycles. The van der Waals surface area contributed by atoms with Crippen LogP contribution in [0.2, 0.25) is 0 Å². The molecule has 6 nitrogen and oxygen atoms in total. The van der Waals surface area contributed by atoms with Gasteiger partial charge in [0.2, 0.25) is 5.91 Å². The molecule has 0 bridgehead atoms. The van der Waals surface area contributed by atoms with Crippen molar-refractivity contribution < 1.29 is 14.7 Å². The highest BCUT2D eigenvalue weighted by Crippen LogP contribution is 2.19. The summed E-state index contributed by atoms with van der Waals surface area (Å²) in [6.07, 6.45) is 0. The lowest BCUT2D eigenvalue weighted by Crippen LogP contribution is -2.59. The second-order valence-corrected chi connectivity index (χ2v) is 4.94. The van der Waals surface area contributed by atoms with Crippen LogP contribution >= 0.6 is 0 Å². The van der Waals surface area contributed by atoms with Gasteiger partial charge in [-0.2, -0.15) is 0 Å². The van der Waals surface area contributed by atoms with Crippen LogP contribution in [0.3, 0.4) is 0 Å². The molecule has 98 valence electrons. The molecule has 3 amide bonds. The average molecular weight is 243 g/mol. The summed E-state index contributed by atoms with van der Waals surface area (Å²) >= 11 is 0. The minimum absolute atomic E-state index is 0.0173. The normalized spacial score (nSPS) is 17.8. The maximum atomic E-state index is 12.0. The van der Waals surface area contributed by atoms with E-state index in [1.165, 1.54) is 4.90 Å². The Morgan fingerprint density at radius 1 is 1.47 bits per heavy atom. The van der Waals surface area contributed by atoms with Gasteiger partial charge in [0, 0.05) is 32.7 Å². The number of hydrogen-bond donors (Lipinski definition) is 2. The fourth-order valence-electron chi connectivity index (χ4n) is 2.15. The monoisotopic (exact) mass is 243 g/mol. The van der Waals surface area contributed by atoms with E-state index in [0.29, 0.717) is 13.1 Å². The highest BCUT2D eigenvalue weighted by atomic mass is 16.3. The molecule has 1 rings (SSSR count). The number of carbonyl (C=O) groups is 2. The fraction of sp³-hybridized carbons (Fsp3) is 0.818. The van der Waals surface area contributed by atoms with Crippen molar-refractivity contribution in [1.82, 2.24) is 9.80 Å². The molecule has 0 unspecified atom stereocenters. The predicted molar refractivity (Wildman–Crippen MR) is 63.1 cm³/mol. The van der Waals surface area contributed by atoms with E-state index in [0.717, 1.165) is 0 Å². The highest BCUT2D eigenvalue weighted by Gasteiger charge is 2.36. The number of hydrogen-bond acceptors (Lipinski definition) is 3. The molecule has 6 heteroatoms. The first-order valence-corrected chi connectivity index (χ1v) is 5.80. The molecule has 1 fully saturated rings. The van der Waals surface area contributed by atoms with Crippen LogP contribution in [-0.2, 0) is 4.79 Å². The molecule has 1 aliphatic rings. The molecule has 17 heavy (non-hydrogen) atoms. The number of aliphatic hydroxyl groups is 1. The molecule has 3 N–H and O–H groups in total. The summed E-state index contributed by atoms with van der Waals surface area (Å²) in [4.78, 5) is 26.3. The van der Waals surface area contributed by atoms with E-state index in [2.05, 4.69) is 0 Å². The van der Waals surface area contributed by atoms with Gasteiger partial charge in [-0.25, -0.2) is 4.79 Å². The first kappa shape index (κ1) is 13.8. The first-order valence-electron chi connectivity index (χ1n) is 5.80. The zero-order valence-electron chi connectivity index (χ0n) is 10.6. The largest absolute Gasteiger partial charge is 0.396 e. The van der Waals surface area contributed by atoms with Gasteiger partial charge in [-0.05, 0) is 5.92 Å². The number of likely N-dealkylation sites (N-methyl/N-ethyl adjacent to an activating group) is 1.